The molecule has 16 heavy (non-hydrogen) atoms. The summed E-state index contributed by atoms with van der Waals surface area (Å²) in [4.78, 5) is 13.6. The largest absolute Gasteiger partial charge is 0.379 e. The molecular weight excluding hydrogens is 208 g/mol. The first-order chi connectivity index (χ1) is 7.56. The van der Waals surface area contributed by atoms with Gasteiger partial charge in [0.25, 0.3) is 0 Å². The molecule has 0 saturated carbocycles. The lowest BCUT2D eigenvalue weighted by Crippen LogP contribution is -2.55. The minimum Gasteiger partial charge on any atom is -0.379 e. The molecule has 1 amide bonds. The molecule has 94 valence electrons. The predicted molar refractivity (Wildman–Crippen MR) is 61.4 cm³/mol. The van der Waals surface area contributed by atoms with E-state index >= 15 is 0 Å². The van der Waals surface area contributed by atoms with E-state index in [4.69, 9.17) is 9.47 Å². The van der Waals surface area contributed by atoms with Crippen molar-refractivity contribution < 1.29 is 14.3 Å². The first kappa shape index (κ1) is 13.4. The number of nitrogens with one attached hydrogen (secondary N) is 1. The van der Waals surface area contributed by atoms with Crippen LogP contribution in [-0.4, -0.2) is 62.9 Å². The van der Waals surface area contributed by atoms with E-state index in [0.29, 0.717) is 6.54 Å². The third-order valence-electron chi connectivity index (χ3n) is 2.86. The number of methoxy groups -OCH3 is 1. The van der Waals surface area contributed by atoms with Crippen molar-refractivity contribution >= 4 is 5.91 Å². The van der Waals surface area contributed by atoms with Gasteiger partial charge in [-0.2, -0.15) is 0 Å². The van der Waals surface area contributed by atoms with Crippen molar-refractivity contribution in [2.75, 3.05) is 46.6 Å². The molecule has 1 N–H and O–H groups in total. The zero-order valence-corrected chi connectivity index (χ0v) is 10.4. The monoisotopic (exact) mass is 230 g/mol. The Morgan fingerprint density at radius 2 is 2.06 bits per heavy atom. The van der Waals surface area contributed by atoms with E-state index in [1.807, 2.05) is 0 Å². The maximum Gasteiger partial charge on any atom is 0.246 e. The Balaban J connectivity index is 2.34. The molecule has 1 aliphatic heterocycles. The first-order valence-electron chi connectivity index (χ1n) is 5.65. The summed E-state index contributed by atoms with van der Waals surface area (Å²) in [6.07, 6.45) is 0. The maximum absolute atomic E-state index is 11.3. The van der Waals surface area contributed by atoms with Crippen LogP contribution in [0.3, 0.4) is 0 Å². The van der Waals surface area contributed by atoms with E-state index in [0.717, 1.165) is 26.3 Å². The van der Waals surface area contributed by atoms with Crippen molar-refractivity contribution in [2.45, 2.75) is 19.4 Å². The van der Waals surface area contributed by atoms with Crippen LogP contribution in [0.4, 0.5) is 0 Å². The number of rotatable bonds is 5. The van der Waals surface area contributed by atoms with E-state index in [-0.39, 0.29) is 18.1 Å². The van der Waals surface area contributed by atoms with Gasteiger partial charge < -0.3 is 14.8 Å². The summed E-state index contributed by atoms with van der Waals surface area (Å²) in [5.74, 6) is -0.0659. The van der Waals surface area contributed by atoms with Crippen molar-refractivity contribution in [3.8, 4) is 0 Å². The SMILES string of the molecule is COCC(=O)NCC(C)(C)N1CCOCC1. The van der Waals surface area contributed by atoms with Crippen LogP contribution in [0.2, 0.25) is 0 Å². The molecule has 0 aromatic carbocycles. The molecule has 0 radical (unpaired) electrons. The molecule has 5 nitrogen and oxygen atoms in total. The number of morpholine rings is 1. The van der Waals surface area contributed by atoms with Crippen molar-refractivity contribution in [1.82, 2.24) is 10.2 Å². The molecule has 1 heterocycles. The molecular formula is C11H22N2O3. The number of carbonyl (C=O) groups is 1. The van der Waals surface area contributed by atoms with Gasteiger partial charge in [0.05, 0.1) is 13.2 Å². The van der Waals surface area contributed by atoms with Gasteiger partial charge in [0.1, 0.15) is 6.61 Å². The molecule has 1 aliphatic rings. The van der Waals surface area contributed by atoms with Gasteiger partial charge in [0.2, 0.25) is 5.91 Å². The molecule has 0 unspecified atom stereocenters. The minimum absolute atomic E-state index is 0.0345. The van der Waals surface area contributed by atoms with Gasteiger partial charge in [-0.05, 0) is 13.8 Å². The molecule has 1 saturated heterocycles. The molecule has 1 fully saturated rings. The van der Waals surface area contributed by atoms with Crippen LogP contribution in [0.15, 0.2) is 0 Å². The van der Waals surface area contributed by atoms with Gasteiger partial charge in [-0.1, -0.05) is 0 Å². The standard InChI is InChI=1S/C11H22N2O3/c1-11(2,9-12-10(14)8-15-3)13-4-6-16-7-5-13/h4-9H2,1-3H3,(H,12,14). The van der Waals surface area contributed by atoms with Gasteiger partial charge in [0, 0.05) is 32.3 Å². The Morgan fingerprint density at radius 3 is 2.62 bits per heavy atom. The van der Waals surface area contributed by atoms with Gasteiger partial charge in [0.15, 0.2) is 0 Å². The van der Waals surface area contributed by atoms with Gasteiger partial charge in [-0.15, -0.1) is 0 Å². The number of ether oxygens (including phenoxy) is 2. The van der Waals surface area contributed by atoms with Gasteiger partial charge >= 0.3 is 0 Å². The van der Waals surface area contributed by atoms with Gasteiger partial charge in [-0.3, -0.25) is 9.69 Å². The summed E-state index contributed by atoms with van der Waals surface area (Å²) in [6, 6.07) is 0. The van der Waals surface area contributed by atoms with E-state index in [9.17, 15) is 4.79 Å². The summed E-state index contributed by atoms with van der Waals surface area (Å²) >= 11 is 0. The average Bonchev–Trinajstić information content (AvgIpc) is 2.28. The van der Waals surface area contributed by atoms with Crippen LogP contribution < -0.4 is 5.32 Å². The molecule has 0 bridgehead atoms. The van der Waals surface area contributed by atoms with Gasteiger partial charge in [-0.25, -0.2) is 0 Å². The highest BCUT2D eigenvalue weighted by Gasteiger charge is 2.28. The molecule has 0 spiro atoms. The van der Waals surface area contributed by atoms with Crippen LogP contribution >= 0.6 is 0 Å². The zero-order valence-electron chi connectivity index (χ0n) is 10.4. The zero-order chi connectivity index (χ0) is 12.0. The Morgan fingerprint density at radius 1 is 1.44 bits per heavy atom. The highest BCUT2D eigenvalue weighted by atomic mass is 16.5. The lowest BCUT2D eigenvalue weighted by atomic mass is 10.0. The fraction of sp³-hybridized carbons (Fsp3) is 0.909. The fourth-order valence-electron chi connectivity index (χ4n) is 1.78. The second kappa shape index (κ2) is 6.18. The van der Waals surface area contributed by atoms with Crippen molar-refractivity contribution in [3.63, 3.8) is 0 Å². The minimum atomic E-state index is -0.0659. The molecule has 0 aromatic heterocycles. The Hall–Kier alpha value is -0.650. The van der Waals surface area contributed by atoms with Crippen molar-refractivity contribution in [3.05, 3.63) is 0 Å². The van der Waals surface area contributed by atoms with E-state index in [1.54, 1.807) is 0 Å². The smallest absolute Gasteiger partial charge is 0.246 e. The number of hydrogen-bond acceptors (Lipinski definition) is 4. The topological polar surface area (TPSA) is 50.8 Å². The quantitative estimate of drug-likeness (QED) is 0.714. The maximum atomic E-state index is 11.3. The van der Waals surface area contributed by atoms with Crippen LogP contribution in [0.1, 0.15) is 13.8 Å². The third kappa shape index (κ3) is 4.08. The molecule has 1 rings (SSSR count). The normalized spacial score (nSPS) is 18.4. The summed E-state index contributed by atoms with van der Waals surface area (Å²) in [5, 5.41) is 2.87. The lowest BCUT2D eigenvalue weighted by molar-refractivity contribution is -0.125. The summed E-state index contributed by atoms with van der Waals surface area (Å²) in [5.41, 5.74) is -0.0345. The number of nitrogens with zero attached hydrogens (tertiary/aromatic N) is 1. The van der Waals surface area contributed by atoms with Crippen LogP contribution in [0, 0.1) is 0 Å². The lowest BCUT2D eigenvalue weighted by Gasteiger charge is -2.40. The van der Waals surface area contributed by atoms with Crippen molar-refractivity contribution in [1.29, 1.82) is 0 Å². The molecule has 5 heteroatoms. The molecule has 0 aliphatic carbocycles. The molecule has 0 aromatic rings. The Bertz CT molecular complexity index is 225. The van der Waals surface area contributed by atoms with E-state index in [2.05, 4.69) is 24.1 Å². The fourth-order valence-corrected chi connectivity index (χ4v) is 1.78. The summed E-state index contributed by atoms with van der Waals surface area (Å²) in [6.45, 7) is 8.41. The van der Waals surface area contributed by atoms with E-state index < -0.39 is 0 Å². The second-order valence-electron chi connectivity index (χ2n) is 4.62. The summed E-state index contributed by atoms with van der Waals surface area (Å²) < 4.78 is 10.1. The average molecular weight is 230 g/mol. The van der Waals surface area contributed by atoms with Crippen molar-refractivity contribution in [2.24, 2.45) is 0 Å². The van der Waals surface area contributed by atoms with Crippen LogP contribution in [-0.2, 0) is 14.3 Å². The molecule has 0 atom stereocenters. The predicted octanol–water partition coefficient (Wildman–Crippen LogP) is -0.140. The van der Waals surface area contributed by atoms with Crippen LogP contribution in [0.5, 0.6) is 0 Å². The number of carbonyl (C=O) groups excluding carboxylic acids is 1. The Kier molecular flexibility index (Phi) is 5.18. The third-order valence-corrected chi connectivity index (χ3v) is 2.86. The number of hydrogen-bond donors (Lipinski definition) is 1. The van der Waals surface area contributed by atoms with Crippen LogP contribution in [0.25, 0.3) is 0 Å². The number of amides is 1. The first-order valence-corrected chi connectivity index (χ1v) is 5.65. The summed E-state index contributed by atoms with van der Waals surface area (Å²) in [7, 11) is 1.52. The second-order valence-corrected chi connectivity index (χ2v) is 4.62. The van der Waals surface area contributed by atoms with E-state index in [1.165, 1.54) is 7.11 Å². The highest BCUT2D eigenvalue weighted by Crippen LogP contribution is 2.14. The Labute approximate surface area is 97.1 Å². The highest BCUT2D eigenvalue weighted by molar-refractivity contribution is 5.77.